The average Bonchev–Trinajstić information content (AvgIpc) is 2.33. The number of hydrogen-bond acceptors (Lipinski definition) is 5. The number of amides is 1. The minimum atomic E-state index is -0.983. The van der Waals surface area contributed by atoms with Gasteiger partial charge in [0.25, 0.3) is 0 Å². The van der Waals surface area contributed by atoms with Crippen LogP contribution in [0.25, 0.3) is 0 Å². The van der Waals surface area contributed by atoms with Crippen LogP contribution in [0, 0.1) is 0 Å². The van der Waals surface area contributed by atoms with Crippen LogP contribution >= 0.6 is 11.8 Å². The molecule has 1 atom stereocenters. The number of carboxylic acids is 2. The van der Waals surface area contributed by atoms with Gasteiger partial charge in [0.15, 0.2) is 0 Å². The normalized spacial score (nSPS) is 11.9. The van der Waals surface area contributed by atoms with Gasteiger partial charge in [-0.15, -0.1) is 0 Å². The molecular weight excluding hydrogens is 308 g/mol. The summed E-state index contributed by atoms with van der Waals surface area (Å²) in [5, 5.41) is 19.7. The van der Waals surface area contributed by atoms with E-state index in [1.165, 1.54) is 18.7 Å². The molecule has 22 heavy (non-hydrogen) atoms. The summed E-state index contributed by atoms with van der Waals surface area (Å²) in [4.78, 5) is 33.1. The van der Waals surface area contributed by atoms with Crippen LogP contribution in [0.2, 0.25) is 0 Å². The number of carbonyl (C=O) groups is 3. The van der Waals surface area contributed by atoms with Crippen molar-refractivity contribution >= 4 is 29.6 Å². The third-order valence-electron chi connectivity index (χ3n) is 2.54. The molecule has 7 nitrogen and oxygen atoms in total. The number of carboxylic acid groups (broad SMARTS) is 2. The van der Waals surface area contributed by atoms with E-state index in [0.29, 0.717) is 17.0 Å². The van der Waals surface area contributed by atoms with E-state index in [-0.39, 0.29) is 12.5 Å². The molecule has 0 aromatic rings. The van der Waals surface area contributed by atoms with E-state index in [0.717, 1.165) is 0 Å². The molecule has 0 aliphatic carbocycles. The van der Waals surface area contributed by atoms with Gasteiger partial charge in [-0.1, -0.05) is 13.8 Å². The highest BCUT2D eigenvalue weighted by Crippen LogP contribution is 2.10. The lowest BCUT2D eigenvalue weighted by Crippen LogP contribution is -2.41. The Labute approximate surface area is 136 Å². The Bertz CT molecular complexity index is 361. The maximum absolute atomic E-state index is 10.6. The molecule has 0 radical (unpaired) electrons. The van der Waals surface area contributed by atoms with Gasteiger partial charge < -0.3 is 15.5 Å². The molecule has 0 aromatic carbocycles. The minimum Gasteiger partial charge on any atom is -0.480 e. The number of nitrogens with zero attached hydrogens (tertiary/aromatic N) is 1. The summed E-state index contributed by atoms with van der Waals surface area (Å²) in [5.74, 6) is -1.65. The Morgan fingerprint density at radius 3 is 1.86 bits per heavy atom. The molecule has 3 N–H and O–H groups in total. The molecule has 0 saturated heterocycles. The molecule has 0 rings (SSSR count). The lowest BCUT2D eigenvalue weighted by molar-refractivity contribution is -0.140. The van der Waals surface area contributed by atoms with Crippen molar-refractivity contribution in [3.8, 4) is 0 Å². The Kier molecular flexibility index (Phi) is 12.8. The third-order valence-corrected chi connectivity index (χ3v) is 3.73. The van der Waals surface area contributed by atoms with E-state index in [9.17, 15) is 14.4 Å². The van der Waals surface area contributed by atoms with E-state index in [1.807, 2.05) is 27.7 Å². The summed E-state index contributed by atoms with van der Waals surface area (Å²) in [5.41, 5.74) is 0. The highest BCUT2D eigenvalue weighted by molar-refractivity contribution is 7.99. The average molecular weight is 336 g/mol. The second-order valence-corrected chi connectivity index (χ2v) is 6.99. The van der Waals surface area contributed by atoms with Crippen LogP contribution in [-0.2, 0) is 14.4 Å². The van der Waals surface area contributed by atoms with Crippen LogP contribution < -0.4 is 5.32 Å². The molecular formula is C14H28N2O5S. The van der Waals surface area contributed by atoms with Gasteiger partial charge in [0, 0.05) is 18.7 Å². The zero-order chi connectivity index (χ0) is 17.9. The van der Waals surface area contributed by atoms with E-state index in [1.54, 1.807) is 11.9 Å². The largest absolute Gasteiger partial charge is 0.480 e. The lowest BCUT2D eigenvalue weighted by atomic mass is 10.3. The van der Waals surface area contributed by atoms with Crippen LogP contribution in [0.5, 0.6) is 0 Å². The first-order valence-corrected chi connectivity index (χ1v) is 8.05. The zero-order valence-electron chi connectivity index (χ0n) is 14.1. The standard InChI is InChI=1S/C8H15NO3S.C6H13NO2/c1-5(2)13-4-7(8(11)12)9-6(3)10;1-5(2)7(3)4-6(8)9/h5,7H,4H2,1-3H3,(H,9,10)(H,11,12);5H,4H2,1-3H3,(H,8,9)/t7-;/m0./s1. The second-order valence-electron chi connectivity index (χ2n) is 5.38. The monoisotopic (exact) mass is 336 g/mol. The Morgan fingerprint density at radius 1 is 1.14 bits per heavy atom. The van der Waals surface area contributed by atoms with Gasteiger partial charge in [0.05, 0.1) is 6.54 Å². The minimum absolute atomic E-state index is 0.123. The number of rotatable bonds is 8. The molecule has 0 heterocycles. The van der Waals surface area contributed by atoms with Gasteiger partial charge >= 0.3 is 11.9 Å². The summed E-state index contributed by atoms with van der Waals surface area (Å²) in [6.45, 7) is 9.33. The van der Waals surface area contributed by atoms with Gasteiger partial charge in [-0.25, -0.2) is 4.79 Å². The summed E-state index contributed by atoms with van der Waals surface area (Å²) < 4.78 is 0. The Hall–Kier alpha value is -1.28. The smallest absolute Gasteiger partial charge is 0.327 e. The van der Waals surface area contributed by atoms with Crippen molar-refractivity contribution in [3.63, 3.8) is 0 Å². The fourth-order valence-electron chi connectivity index (χ4n) is 1.10. The molecule has 0 spiro atoms. The van der Waals surface area contributed by atoms with Crippen molar-refractivity contribution < 1.29 is 24.6 Å². The predicted molar refractivity (Wildman–Crippen MR) is 88.2 cm³/mol. The predicted octanol–water partition coefficient (Wildman–Crippen LogP) is 1.13. The molecule has 0 fully saturated rings. The molecule has 1 amide bonds. The summed E-state index contributed by atoms with van der Waals surface area (Å²) in [6, 6.07) is -0.467. The fourth-order valence-corrected chi connectivity index (χ4v) is 1.91. The number of hydrogen-bond donors (Lipinski definition) is 3. The fraction of sp³-hybridized carbons (Fsp3) is 0.786. The number of nitrogens with one attached hydrogen (secondary N) is 1. The van der Waals surface area contributed by atoms with Crippen LogP contribution in [0.15, 0.2) is 0 Å². The summed E-state index contributed by atoms with van der Waals surface area (Å²) >= 11 is 1.51. The van der Waals surface area contributed by atoms with Gasteiger partial charge in [-0.3, -0.25) is 14.5 Å². The highest BCUT2D eigenvalue weighted by Gasteiger charge is 2.18. The van der Waals surface area contributed by atoms with Crippen LogP contribution in [0.1, 0.15) is 34.6 Å². The first kappa shape index (κ1) is 23.0. The Balaban J connectivity index is 0. The summed E-state index contributed by atoms with van der Waals surface area (Å²) in [6.07, 6.45) is 0. The third kappa shape index (κ3) is 15.1. The van der Waals surface area contributed by atoms with Crippen molar-refractivity contribution in [2.24, 2.45) is 0 Å². The van der Waals surface area contributed by atoms with Crippen molar-refractivity contribution in [2.45, 2.75) is 52.0 Å². The highest BCUT2D eigenvalue weighted by atomic mass is 32.2. The quantitative estimate of drug-likeness (QED) is 0.610. The van der Waals surface area contributed by atoms with Gasteiger partial charge in [0.1, 0.15) is 6.04 Å². The van der Waals surface area contributed by atoms with E-state index in [4.69, 9.17) is 10.2 Å². The van der Waals surface area contributed by atoms with Crippen molar-refractivity contribution in [1.29, 1.82) is 0 Å². The molecule has 0 bridgehead atoms. The van der Waals surface area contributed by atoms with E-state index < -0.39 is 18.0 Å². The molecule has 0 unspecified atom stereocenters. The second kappa shape index (κ2) is 12.3. The summed E-state index contributed by atoms with van der Waals surface area (Å²) in [7, 11) is 1.79. The number of aliphatic carboxylic acids is 2. The number of likely N-dealkylation sites (N-methyl/N-ethyl adjacent to an activating group) is 1. The molecule has 0 saturated carbocycles. The van der Waals surface area contributed by atoms with Crippen molar-refractivity contribution in [3.05, 3.63) is 0 Å². The maximum atomic E-state index is 10.6. The molecule has 8 heteroatoms. The number of thioether (sulfide) groups is 1. The molecule has 0 aliphatic heterocycles. The molecule has 0 aromatic heterocycles. The maximum Gasteiger partial charge on any atom is 0.327 e. The first-order valence-electron chi connectivity index (χ1n) is 7.00. The lowest BCUT2D eigenvalue weighted by Gasteiger charge is -2.17. The molecule has 0 aliphatic rings. The zero-order valence-corrected chi connectivity index (χ0v) is 14.9. The van der Waals surface area contributed by atoms with Crippen molar-refractivity contribution in [2.75, 3.05) is 19.3 Å². The SMILES string of the molecule is CC(=O)N[C@@H](CSC(C)C)C(=O)O.CC(C)N(C)CC(=O)O. The topological polar surface area (TPSA) is 107 Å². The Morgan fingerprint density at radius 2 is 1.64 bits per heavy atom. The van der Waals surface area contributed by atoms with Gasteiger partial charge in [-0.05, 0) is 26.1 Å². The van der Waals surface area contributed by atoms with E-state index in [2.05, 4.69) is 5.32 Å². The van der Waals surface area contributed by atoms with Crippen LogP contribution in [-0.4, -0.2) is 69.6 Å². The van der Waals surface area contributed by atoms with Gasteiger partial charge in [0.2, 0.25) is 5.91 Å². The van der Waals surface area contributed by atoms with Crippen LogP contribution in [0.4, 0.5) is 0 Å². The van der Waals surface area contributed by atoms with Crippen molar-refractivity contribution in [1.82, 2.24) is 10.2 Å². The van der Waals surface area contributed by atoms with E-state index >= 15 is 0 Å². The first-order chi connectivity index (χ1) is 9.97. The van der Waals surface area contributed by atoms with Gasteiger partial charge in [-0.2, -0.15) is 11.8 Å². The number of carbonyl (C=O) groups excluding carboxylic acids is 1. The molecule has 130 valence electrons. The van der Waals surface area contributed by atoms with Crippen LogP contribution in [0.3, 0.4) is 0 Å².